The van der Waals surface area contributed by atoms with Gasteiger partial charge in [0.1, 0.15) is 5.82 Å². The Bertz CT molecular complexity index is 769. The van der Waals surface area contributed by atoms with Crippen LogP contribution in [0.1, 0.15) is 10.5 Å². The summed E-state index contributed by atoms with van der Waals surface area (Å²) in [4.78, 5) is 27.1. The van der Waals surface area contributed by atoms with E-state index in [1.54, 1.807) is 18.5 Å². The van der Waals surface area contributed by atoms with E-state index in [2.05, 4.69) is 25.3 Å². The van der Waals surface area contributed by atoms with Crippen molar-refractivity contribution in [1.29, 1.82) is 0 Å². The molecule has 0 aliphatic rings. The number of aromatic amines is 1. The minimum Gasteiger partial charge on any atom is -0.382 e. The van der Waals surface area contributed by atoms with E-state index in [1.165, 1.54) is 12.4 Å². The molecular weight excluding hydrogens is 268 g/mol. The summed E-state index contributed by atoms with van der Waals surface area (Å²) in [5.74, 6) is 0.416. The van der Waals surface area contributed by atoms with E-state index in [-0.39, 0.29) is 11.5 Å². The second-order valence-electron chi connectivity index (χ2n) is 4.26. The van der Waals surface area contributed by atoms with Gasteiger partial charge in [-0.05, 0) is 12.1 Å². The van der Waals surface area contributed by atoms with Crippen LogP contribution in [0.3, 0.4) is 0 Å². The Morgan fingerprint density at radius 2 is 2.00 bits per heavy atom. The second kappa shape index (κ2) is 5.41. The SMILES string of the molecule is Nc1nccnc1C(=O)Nc1cccc(-c2ncc[nH]2)c1. The summed E-state index contributed by atoms with van der Waals surface area (Å²) >= 11 is 0. The molecule has 2 aromatic heterocycles. The fourth-order valence-electron chi connectivity index (χ4n) is 1.88. The van der Waals surface area contributed by atoms with E-state index >= 15 is 0 Å². The van der Waals surface area contributed by atoms with Gasteiger partial charge in [0.05, 0.1) is 0 Å². The molecule has 0 aliphatic heterocycles. The first kappa shape index (κ1) is 12.8. The molecule has 7 heteroatoms. The number of carbonyl (C=O) groups excluding carboxylic acids is 1. The van der Waals surface area contributed by atoms with Gasteiger partial charge in [-0.1, -0.05) is 12.1 Å². The van der Waals surface area contributed by atoms with Gasteiger partial charge in [0.15, 0.2) is 11.5 Å². The van der Waals surface area contributed by atoms with Crippen LogP contribution in [0.4, 0.5) is 11.5 Å². The summed E-state index contributed by atoms with van der Waals surface area (Å²) in [7, 11) is 0. The quantitative estimate of drug-likeness (QED) is 0.676. The smallest absolute Gasteiger partial charge is 0.278 e. The summed E-state index contributed by atoms with van der Waals surface area (Å²) < 4.78 is 0. The predicted octanol–water partition coefficient (Wildman–Crippen LogP) is 1.70. The average molecular weight is 280 g/mol. The molecule has 0 saturated heterocycles. The number of carbonyl (C=O) groups is 1. The van der Waals surface area contributed by atoms with Gasteiger partial charge in [-0.25, -0.2) is 15.0 Å². The van der Waals surface area contributed by atoms with Crippen LogP contribution in [0.15, 0.2) is 49.1 Å². The number of hydrogen-bond acceptors (Lipinski definition) is 5. The van der Waals surface area contributed by atoms with Crippen molar-refractivity contribution in [3.63, 3.8) is 0 Å². The van der Waals surface area contributed by atoms with Crippen molar-refractivity contribution in [2.45, 2.75) is 0 Å². The van der Waals surface area contributed by atoms with Gasteiger partial charge in [0.2, 0.25) is 0 Å². The Hall–Kier alpha value is -3.22. The van der Waals surface area contributed by atoms with Gasteiger partial charge < -0.3 is 16.0 Å². The van der Waals surface area contributed by atoms with E-state index in [0.717, 1.165) is 11.4 Å². The summed E-state index contributed by atoms with van der Waals surface area (Å²) in [5, 5.41) is 2.74. The van der Waals surface area contributed by atoms with Gasteiger partial charge in [0.25, 0.3) is 5.91 Å². The van der Waals surface area contributed by atoms with Crippen molar-refractivity contribution in [3.05, 3.63) is 54.7 Å². The lowest BCUT2D eigenvalue weighted by Crippen LogP contribution is -2.16. The molecular formula is C14H12N6O. The van der Waals surface area contributed by atoms with Crippen LogP contribution >= 0.6 is 0 Å². The normalized spacial score (nSPS) is 10.3. The number of H-pyrrole nitrogens is 1. The monoisotopic (exact) mass is 280 g/mol. The highest BCUT2D eigenvalue weighted by Gasteiger charge is 2.12. The Morgan fingerprint density at radius 3 is 2.76 bits per heavy atom. The molecule has 21 heavy (non-hydrogen) atoms. The number of aromatic nitrogens is 4. The minimum absolute atomic E-state index is 0.0946. The number of hydrogen-bond donors (Lipinski definition) is 3. The number of imidazole rings is 1. The number of amides is 1. The fourth-order valence-corrected chi connectivity index (χ4v) is 1.88. The topological polar surface area (TPSA) is 110 Å². The molecule has 0 fully saturated rings. The lowest BCUT2D eigenvalue weighted by atomic mass is 10.2. The molecule has 0 saturated carbocycles. The van der Waals surface area contributed by atoms with E-state index in [0.29, 0.717) is 5.69 Å². The Kier molecular flexibility index (Phi) is 3.30. The summed E-state index contributed by atoms with van der Waals surface area (Å²) in [6, 6.07) is 7.30. The maximum absolute atomic E-state index is 12.1. The van der Waals surface area contributed by atoms with Crippen molar-refractivity contribution >= 4 is 17.4 Å². The predicted molar refractivity (Wildman–Crippen MR) is 78.4 cm³/mol. The number of nitrogens with one attached hydrogen (secondary N) is 2. The zero-order valence-corrected chi connectivity index (χ0v) is 10.9. The third kappa shape index (κ3) is 2.71. The molecule has 7 nitrogen and oxygen atoms in total. The van der Waals surface area contributed by atoms with Gasteiger partial charge >= 0.3 is 0 Å². The highest BCUT2D eigenvalue weighted by Crippen LogP contribution is 2.19. The largest absolute Gasteiger partial charge is 0.382 e. The zero-order chi connectivity index (χ0) is 14.7. The number of nitrogens with zero attached hydrogens (tertiary/aromatic N) is 3. The zero-order valence-electron chi connectivity index (χ0n) is 10.9. The van der Waals surface area contributed by atoms with E-state index in [1.807, 2.05) is 18.2 Å². The van der Waals surface area contributed by atoms with Crippen LogP contribution in [0.2, 0.25) is 0 Å². The highest BCUT2D eigenvalue weighted by molar-refractivity contribution is 6.05. The first-order valence-electron chi connectivity index (χ1n) is 6.21. The molecule has 0 bridgehead atoms. The molecule has 1 amide bonds. The van der Waals surface area contributed by atoms with Crippen LogP contribution in [-0.4, -0.2) is 25.8 Å². The van der Waals surface area contributed by atoms with Crippen LogP contribution in [0.5, 0.6) is 0 Å². The average Bonchev–Trinajstić information content (AvgIpc) is 3.02. The maximum Gasteiger partial charge on any atom is 0.278 e. The molecule has 3 rings (SSSR count). The van der Waals surface area contributed by atoms with Crippen LogP contribution in [0, 0.1) is 0 Å². The highest BCUT2D eigenvalue weighted by atomic mass is 16.1. The molecule has 104 valence electrons. The molecule has 4 N–H and O–H groups in total. The summed E-state index contributed by atoms with van der Waals surface area (Å²) in [5.41, 5.74) is 7.22. The Labute approximate surface area is 120 Å². The van der Waals surface area contributed by atoms with Crippen molar-refractivity contribution in [3.8, 4) is 11.4 Å². The number of anilines is 2. The number of rotatable bonds is 3. The molecule has 0 atom stereocenters. The maximum atomic E-state index is 12.1. The molecule has 0 aliphatic carbocycles. The lowest BCUT2D eigenvalue weighted by Gasteiger charge is -2.07. The summed E-state index contributed by atoms with van der Waals surface area (Å²) in [6.07, 6.45) is 6.26. The molecule has 0 unspecified atom stereocenters. The van der Waals surface area contributed by atoms with E-state index in [4.69, 9.17) is 5.73 Å². The van der Waals surface area contributed by atoms with Crippen LogP contribution in [0.25, 0.3) is 11.4 Å². The number of nitrogen functional groups attached to an aromatic ring is 1. The van der Waals surface area contributed by atoms with Crippen molar-refractivity contribution in [2.75, 3.05) is 11.1 Å². The summed E-state index contributed by atoms with van der Waals surface area (Å²) in [6.45, 7) is 0. The minimum atomic E-state index is -0.405. The van der Waals surface area contributed by atoms with Gasteiger partial charge in [-0.3, -0.25) is 4.79 Å². The van der Waals surface area contributed by atoms with Crippen molar-refractivity contribution in [1.82, 2.24) is 19.9 Å². The van der Waals surface area contributed by atoms with Crippen LogP contribution in [-0.2, 0) is 0 Å². The molecule has 1 aromatic carbocycles. The molecule has 0 spiro atoms. The fraction of sp³-hybridized carbons (Fsp3) is 0. The Balaban J connectivity index is 1.84. The second-order valence-corrected chi connectivity index (χ2v) is 4.26. The van der Waals surface area contributed by atoms with Crippen molar-refractivity contribution < 1.29 is 4.79 Å². The number of nitrogens with two attached hydrogens (primary N) is 1. The van der Waals surface area contributed by atoms with Gasteiger partial charge in [0, 0.05) is 36.0 Å². The first-order valence-corrected chi connectivity index (χ1v) is 6.21. The van der Waals surface area contributed by atoms with Gasteiger partial charge in [-0.2, -0.15) is 0 Å². The van der Waals surface area contributed by atoms with Crippen LogP contribution < -0.4 is 11.1 Å². The molecule has 2 heterocycles. The Morgan fingerprint density at radius 1 is 1.14 bits per heavy atom. The number of benzene rings is 1. The lowest BCUT2D eigenvalue weighted by molar-refractivity contribution is 0.102. The molecule has 0 radical (unpaired) electrons. The third-order valence-electron chi connectivity index (χ3n) is 2.83. The third-order valence-corrected chi connectivity index (χ3v) is 2.83. The molecule has 3 aromatic rings. The van der Waals surface area contributed by atoms with E-state index in [9.17, 15) is 4.79 Å². The van der Waals surface area contributed by atoms with Gasteiger partial charge in [-0.15, -0.1) is 0 Å². The standard InChI is InChI=1S/C14H12N6O/c15-12-11(16-4-5-17-12)14(21)20-10-3-1-2-9(8-10)13-18-6-7-19-13/h1-8H,(H2,15,17)(H,18,19)(H,20,21). The van der Waals surface area contributed by atoms with Crippen molar-refractivity contribution in [2.24, 2.45) is 0 Å². The van der Waals surface area contributed by atoms with E-state index < -0.39 is 5.91 Å². The first-order chi connectivity index (χ1) is 10.2.